The van der Waals surface area contributed by atoms with Crippen molar-refractivity contribution in [1.29, 1.82) is 0 Å². The van der Waals surface area contributed by atoms with E-state index < -0.39 is 5.76 Å². The summed E-state index contributed by atoms with van der Waals surface area (Å²) in [5, 5.41) is 13.1. The second-order valence-electron chi connectivity index (χ2n) is 5.85. The van der Waals surface area contributed by atoms with Crippen LogP contribution < -0.4 is 21.1 Å². The van der Waals surface area contributed by atoms with Gasteiger partial charge < -0.3 is 19.8 Å². The van der Waals surface area contributed by atoms with Gasteiger partial charge in [0, 0.05) is 11.6 Å². The van der Waals surface area contributed by atoms with Crippen LogP contribution in [0.4, 0.5) is 5.69 Å². The van der Waals surface area contributed by atoms with Crippen molar-refractivity contribution < 1.29 is 9.15 Å². The van der Waals surface area contributed by atoms with Crippen LogP contribution in [0.25, 0.3) is 11.5 Å². The van der Waals surface area contributed by atoms with Crippen LogP contribution in [0.3, 0.4) is 0 Å². The Balaban J connectivity index is 0.00000156. The number of benzene rings is 1. The van der Waals surface area contributed by atoms with Gasteiger partial charge in [-0.2, -0.15) is 0 Å². The van der Waals surface area contributed by atoms with Crippen LogP contribution in [0.15, 0.2) is 27.4 Å². The minimum absolute atomic E-state index is 0. The van der Waals surface area contributed by atoms with Crippen molar-refractivity contribution in [3.8, 4) is 17.2 Å². The summed E-state index contributed by atoms with van der Waals surface area (Å²) in [7, 11) is 1.64. The summed E-state index contributed by atoms with van der Waals surface area (Å²) >= 11 is 0. The highest BCUT2D eigenvalue weighted by atomic mass is 35.5. The van der Waals surface area contributed by atoms with Gasteiger partial charge in [-0.25, -0.2) is 9.89 Å². The number of aromatic amines is 1. The standard InChI is InChI=1S/C16H22N4O3.2ClH/c1-10(11-5-7-17-8-6-11)18-13-9-12(3-4-14(13)22-2)15-19-20-16(21)23-15;;/h3-4,9-11,17-18H,5-8H2,1-2H3,(H,20,21);2*1H/t10-;;/m0../s1. The first-order valence-electron chi connectivity index (χ1n) is 7.88. The Morgan fingerprint density at radius 1 is 1.32 bits per heavy atom. The van der Waals surface area contributed by atoms with E-state index in [2.05, 4.69) is 27.8 Å². The molecule has 1 aliphatic rings. The maximum Gasteiger partial charge on any atom is 0.434 e. The van der Waals surface area contributed by atoms with Crippen LogP contribution in [0.5, 0.6) is 5.75 Å². The maximum absolute atomic E-state index is 11.1. The van der Waals surface area contributed by atoms with E-state index in [4.69, 9.17) is 9.15 Å². The number of nitrogens with one attached hydrogen (secondary N) is 3. The lowest BCUT2D eigenvalue weighted by Gasteiger charge is -2.30. The Morgan fingerprint density at radius 3 is 2.64 bits per heavy atom. The largest absolute Gasteiger partial charge is 0.495 e. The van der Waals surface area contributed by atoms with E-state index in [1.54, 1.807) is 7.11 Å². The molecular weight excluding hydrogens is 367 g/mol. The number of nitrogens with zero attached hydrogens (tertiary/aromatic N) is 1. The molecule has 9 heteroatoms. The molecule has 7 nitrogen and oxygen atoms in total. The summed E-state index contributed by atoms with van der Waals surface area (Å²) in [5.41, 5.74) is 1.60. The minimum atomic E-state index is -0.562. The molecule has 2 aromatic rings. The fourth-order valence-corrected chi connectivity index (χ4v) is 3.01. The molecule has 1 aliphatic heterocycles. The number of hydrogen-bond acceptors (Lipinski definition) is 6. The van der Waals surface area contributed by atoms with Crippen LogP contribution in [0.2, 0.25) is 0 Å². The maximum atomic E-state index is 11.1. The van der Waals surface area contributed by atoms with Gasteiger partial charge in [-0.15, -0.1) is 29.9 Å². The molecule has 0 amide bonds. The number of methoxy groups -OCH3 is 1. The Kier molecular flexibility index (Phi) is 8.28. The molecule has 0 unspecified atom stereocenters. The summed E-state index contributed by atoms with van der Waals surface area (Å²) in [5.74, 6) is 1.09. The van der Waals surface area contributed by atoms with Gasteiger partial charge in [0.2, 0.25) is 5.89 Å². The highest BCUT2D eigenvalue weighted by molar-refractivity contribution is 5.85. The number of hydrogen-bond donors (Lipinski definition) is 3. The zero-order valence-electron chi connectivity index (χ0n) is 14.2. The van der Waals surface area contributed by atoms with Crippen molar-refractivity contribution >= 4 is 30.5 Å². The fraction of sp³-hybridized carbons (Fsp3) is 0.500. The average Bonchev–Trinajstić information content (AvgIpc) is 3.02. The molecule has 0 radical (unpaired) electrons. The average molecular weight is 391 g/mol. The Labute approximate surface area is 158 Å². The molecule has 0 aliphatic carbocycles. The Morgan fingerprint density at radius 2 is 2.04 bits per heavy atom. The molecule has 1 aromatic carbocycles. The highest BCUT2D eigenvalue weighted by Crippen LogP contribution is 2.31. The molecule has 0 spiro atoms. The van der Waals surface area contributed by atoms with E-state index >= 15 is 0 Å². The van der Waals surface area contributed by atoms with Gasteiger partial charge in [0.1, 0.15) is 5.75 Å². The summed E-state index contributed by atoms with van der Waals surface area (Å²) in [6.07, 6.45) is 2.31. The topological polar surface area (TPSA) is 92.2 Å². The van der Waals surface area contributed by atoms with Crippen molar-refractivity contribution in [1.82, 2.24) is 15.5 Å². The van der Waals surface area contributed by atoms with Crippen molar-refractivity contribution in [2.75, 3.05) is 25.5 Å². The lowest BCUT2D eigenvalue weighted by Crippen LogP contribution is -2.36. The molecule has 1 atom stereocenters. The quantitative estimate of drug-likeness (QED) is 0.726. The molecule has 0 bridgehead atoms. The van der Waals surface area contributed by atoms with Crippen LogP contribution in [-0.4, -0.2) is 36.4 Å². The Bertz CT molecular complexity index is 713. The number of piperidine rings is 1. The lowest BCUT2D eigenvalue weighted by atomic mass is 9.91. The third-order valence-electron chi connectivity index (χ3n) is 4.36. The third-order valence-corrected chi connectivity index (χ3v) is 4.36. The van der Waals surface area contributed by atoms with E-state index in [1.165, 1.54) is 0 Å². The normalized spacial score (nSPS) is 15.6. The molecule has 25 heavy (non-hydrogen) atoms. The summed E-state index contributed by atoms with van der Waals surface area (Å²) in [6.45, 7) is 4.31. The van der Waals surface area contributed by atoms with Crippen molar-refractivity contribution in [2.45, 2.75) is 25.8 Å². The molecule has 1 aromatic heterocycles. The molecule has 0 saturated carbocycles. The fourth-order valence-electron chi connectivity index (χ4n) is 3.01. The van der Waals surface area contributed by atoms with Gasteiger partial charge in [0.05, 0.1) is 12.8 Å². The zero-order chi connectivity index (χ0) is 16.2. The predicted molar refractivity (Wildman–Crippen MR) is 102 cm³/mol. The highest BCUT2D eigenvalue weighted by Gasteiger charge is 2.21. The van der Waals surface area contributed by atoms with E-state index in [9.17, 15) is 4.79 Å². The number of anilines is 1. The van der Waals surface area contributed by atoms with E-state index in [-0.39, 0.29) is 30.7 Å². The van der Waals surface area contributed by atoms with E-state index in [0.29, 0.717) is 12.0 Å². The number of aromatic nitrogens is 2. The van der Waals surface area contributed by atoms with E-state index in [1.807, 2.05) is 18.2 Å². The van der Waals surface area contributed by atoms with Crippen LogP contribution >= 0.6 is 24.8 Å². The molecule has 3 N–H and O–H groups in total. The number of H-pyrrole nitrogens is 1. The first-order chi connectivity index (χ1) is 11.2. The van der Waals surface area contributed by atoms with Gasteiger partial charge in [0.25, 0.3) is 0 Å². The molecule has 1 saturated heterocycles. The van der Waals surface area contributed by atoms with Crippen molar-refractivity contribution in [3.63, 3.8) is 0 Å². The number of rotatable bonds is 5. The first kappa shape index (κ1) is 21.3. The summed E-state index contributed by atoms with van der Waals surface area (Å²) < 4.78 is 10.5. The zero-order valence-corrected chi connectivity index (χ0v) is 15.8. The smallest absolute Gasteiger partial charge is 0.434 e. The van der Waals surface area contributed by atoms with Crippen LogP contribution in [0, 0.1) is 5.92 Å². The van der Waals surface area contributed by atoms with Crippen molar-refractivity contribution in [3.05, 3.63) is 28.7 Å². The molecule has 3 rings (SSSR count). The molecule has 1 fully saturated rings. The number of ether oxygens (including phenoxy) is 1. The number of halogens is 2. The Hall–Kier alpha value is -1.70. The molecular formula is C16H24Cl2N4O3. The molecule has 140 valence electrons. The monoisotopic (exact) mass is 390 g/mol. The van der Waals surface area contributed by atoms with E-state index in [0.717, 1.165) is 42.9 Å². The summed E-state index contributed by atoms with van der Waals surface area (Å²) in [4.78, 5) is 11.1. The van der Waals surface area contributed by atoms with Gasteiger partial charge in [-0.1, -0.05) is 0 Å². The molecule has 2 heterocycles. The third kappa shape index (κ3) is 5.14. The SMILES string of the molecule is COc1ccc(-c2n[nH]c(=O)o2)cc1N[C@@H](C)C1CCNCC1.Cl.Cl. The van der Waals surface area contributed by atoms with Gasteiger partial charge in [-0.3, -0.25) is 0 Å². The van der Waals surface area contributed by atoms with Gasteiger partial charge >= 0.3 is 5.76 Å². The second kappa shape index (κ2) is 9.70. The van der Waals surface area contributed by atoms with Gasteiger partial charge in [-0.05, 0) is 57.0 Å². The lowest BCUT2D eigenvalue weighted by molar-refractivity contribution is 0.342. The van der Waals surface area contributed by atoms with Gasteiger partial charge in [0.15, 0.2) is 0 Å². The minimum Gasteiger partial charge on any atom is -0.495 e. The first-order valence-corrected chi connectivity index (χ1v) is 7.88. The second-order valence-corrected chi connectivity index (χ2v) is 5.85. The van der Waals surface area contributed by atoms with Crippen LogP contribution in [-0.2, 0) is 0 Å². The predicted octanol–water partition coefficient (Wildman–Crippen LogP) is 2.68. The summed E-state index contributed by atoms with van der Waals surface area (Å²) in [6, 6.07) is 5.89. The van der Waals surface area contributed by atoms with Crippen molar-refractivity contribution in [2.24, 2.45) is 5.92 Å². The van der Waals surface area contributed by atoms with Crippen LogP contribution in [0.1, 0.15) is 19.8 Å².